The Balaban J connectivity index is 2.51. The second-order valence-electron chi connectivity index (χ2n) is 3.75. The topological polar surface area (TPSA) is 69.6 Å². The fourth-order valence-corrected chi connectivity index (χ4v) is 1.74. The highest BCUT2D eigenvalue weighted by molar-refractivity contribution is 6.31. The van der Waals surface area contributed by atoms with Gasteiger partial charge in [-0.25, -0.2) is 4.79 Å². The second-order valence-corrected chi connectivity index (χ2v) is 3.75. The summed E-state index contributed by atoms with van der Waals surface area (Å²) in [6, 6.07) is 0.157. The quantitative estimate of drug-likeness (QED) is 0.569. The summed E-state index contributed by atoms with van der Waals surface area (Å²) in [5, 5.41) is 11.0. The summed E-state index contributed by atoms with van der Waals surface area (Å²) in [5.74, 6) is -2.32. The molecular formula is C9H16N2O3. The van der Waals surface area contributed by atoms with E-state index in [0.29, 0.717) is 0 Å². The van der Waals surface area contributed by atoms with E-state index in [9.17, 15) is 9.59 Å². The summed E-state index contributed by atoms with van der Waals surface area (Å²) in [6.07, 6.45) is 1.84. The lowest BCUT2D eigenvalue weighted by atomic mass is 9.98. The lowest BCUT2D eigenvalue weighted by Gasteiger charge is -2.36. The molecule has 1 saturated heterocycles. The van der Waals surface area contributed by atoms with Gasteiger partial charge >= 0.3 is 11.9 Å². The van der Waals surface area contributed by atoms with E-state index in [-0.39, 0.29) is 12.1 Å². The average molecular weight is 200 g/mol. The fraction of sp³-hybridized carbons (Fsp3) is 0.778. The molecule has 5 heteroatoms. The molecule has 0 aromatic heterocycles. The van der Waals surface area contributed by atoms with Gasteiger partial charge in [0.25, 0.3) is 0 Å². The number of aliphatic carboxylic acids is 1. The molecule has 1 fully saturated rings. The van der Waals surface area contributed by atoms with Crippen LogP contribution < -0.4 is 5.32 Å². The van der Waals surface area contributed by atoms with Gasteiger partial charge in [0.15, 0.2) is 0 Å². The zero-order valence-electron chi connectivity index (χ0n) is 8.49. The maximum absolute atomic E-state index is 10.9. The minimum Gasteiger partial charge on any atom is -0.474 e. The number of hydrogen-bond acceptors (Lipinski definition) is 3. The Hall–Kier alpha value is -1.10. The van der Waals surface area contributed by atoms with Crippen LogP contribution in [0.25, 0.3) is 0 Å². The van der Waals surface area contributed by atoms with E-state index in [1.807, 2.05) is 14.0 Å². The Labute approximate surface area is 83.1 Å². The maximum Gasteiger partial charge on any atom is 0.394 e. The third kappa shape index (κ3) is 2.45. The number of carboxylic acid groups (broad SMARTS) is 1. The van der Waals surface area contributed by atoms with E-state index in [1.165, 1.54) is 0 Å². The number of carbonyl (C=O) groups excluding carboxylic acids is 1. The number of likely N-dealkylation sites (tertiary alicyclic amines) is 1. The summed E-state index contributed by atoms with van der Waals surface area (Å²) in [5.41, 5.74) is 0. The number of nitrogens with zero attached hydrogens (tertiary/aromatic N) is 1. The first-order valence-corrected chi connectivity index (χ1v) is 4.76. The largest absolute Gasteiger partial charge is 0.474 e. The monoisotopic (exact) mass is 200 g/mol. The summed E-state index contributed by atoms with van der Waals surface area (Å²) < 4.78 is 0. The average Bonchev–Trinajstić information content (AvgIpc) is 2.12. The molecule has 1 aliphatic heterocycles. The second kappa shape index (κ2) is 4.41. The van der Waals surface area contributed by atoms with Crippen LogP contribution in [0.5, 0.6) is 0 Å². The van der Waals surface area contributed by atoms with E-state index in [2.05, 4.69) is 10.2 Å². The van der Waals surface area contributed by atoms with Gasteiger partial charge in [0.05, 0.1) is 0 Å². The standard InChI is InChI=1S/C9H16N2O3/c1-6-7(4-3-5-11(6)2)10-8(12)9(13)14/h6-7H,3-5H2,1-2H3,(H,10,12)(H,13,14). The third-order valence-electron chi connectivity index (χ3n) is 2.81. The highest BCUT2D eigenvalue weighted by atomic mass is 16.4. The van der Waals surface area contributed by atoms with Crippen molar-refractivity contribution in [3.63, 3.8) is 0 Å². The normalized spacial score (nSPS) is 28.4. The highest BCUT2D eigenvalue weighted by Crippen LogP contribution is 2.15. The molecule has 0 aromatic carbocycles. The van der Waals surface area contributed by atoms with Gasteiger partial charge < -0.3 is 15.3 Å². The molecular weight excluding hydrogens is 184 g/mol. The number of hydrogen-bond donors (Lipinski definition) is 2. The Morgan fingerprint density at radius 1 is 1.50 bits per heavy atom. The number of piperidine rings is 1. The molecule has 2 N–H and O–H groups in total. The van der Waals surface area contributed by atoms with E-state index >= 15 is 0 Å². The van der Waals surface area contributed by atoms with Crippen LogP contribution in [-0.4, -0.2) is 47.6 Å². The number of carboxylic acids is 1. The van der Waals surface area contributed by atoms with Crippen molar-refractivity contribution >= 4 is 11.9 Å². The summed E-state index contributed by atoms with van der Waals surface area (Å²) in [6.45, 7) is 2.99. The lowest BCUT2D eigenvalue weighted by molar-refractivity contribution is -0.150. The number of amides is 1. The van der Waals surface area contributed by atoms with E-state index in [4.69, 9.17) is 5.11 Å². The molecule has 2 atom stereocenters. The first-order valence-electron chi connectivity index (χ1n) is 4.76. The number of likely N-dealkylation sites (N-methyl/N-ethyl adjacent to an activating group) is 1. The van der Waals surface area contributed by atoms with Crippen LogP contribution in [0.15, 0.2) is 0 Å². The van der Waals surface area contributed by atoms with Crippen molar-refractivity contribution in [2.45, 2.75) is 31.8 Å². The van der Waals surface area contributed by atoms with Crippen LogP contribution in [-0.2, 0) is 9.59 Å². The van der Waals surface area contributed by atoms with Crippen LogP contribution >= 0.6 is 0 Å². The van der Waals surface area contributed by atoms with Gasteiger partial charge in [-0.05, 0) is 33.4 Å². The lowest BCUT2D eigenvalue weighted by Crippen LogP contribution is -2.53. The molecule has 0 aromatic rings. The predicted octanol–water partition coefficient (Wildman–Crippen LogP) is -0.330. The fourth-order valence-electron chi connectivity index (χ4n) is 1.74. The highest BCUT2D eigenvalue weighted by Gasteiger charge is 2.28. The minimum absolute atomic E-state index is 0.0441. The maximum atomic E-state index is 10.9. The third-order valence-corrected chi connectivity index (χ3v) is 2.81. The first-order chi connectivity index (χ1) is 6.52. The van der Waals surface area contributed by atoms with Gasteiger partial charge in [-0.1, -0.05) is 0 Å². The van der Waals surface area contributed by atoms with Crippen molar-refractivity contribution in [2.75, 3.05) is 13.6 Å². The summed E-state index contributed by atoms with van der Waals surface area (Å²) in [4.78, 5) is 23.4. The smallest absolute Gasteiger partial charge is 0.394 e. The van der Waals surface area contributed by atoms with Crippen LogP contribution in [0, 0.1) is 0 Å². The Kier molecular flexibility index (Phi) is 3.46. The Bertz CT molecular complexity index is 242. The predicted molar refractivity (Wildman–Crippen MR) is 50.9 cm³/mol. The summed E-state index contributed by atoms with van der Waals surface area (Å²) in [7, 11) is 1.98. The number of carbonyl (C=O) groups is 2. The number of rotatable bonds is 1. The Morgan fingerprint density at radius 3 is 2.71 bits per heavy atom. The molecule has 0 aliphatic carbocycles. The molecule has 1 aliphatic rings. The van der Waals surface area contributed by atoms with Crippen molar-refractivity contribution in [1.29, 1.82) is 0 Å². The zero-order valence-corrected chi connectivity index (χ0v) is 8.49. The molecule has 0 saturated carbocycles. The molecule has 1 heterocycles. The van der Waals surface area contributed by atoms with Crippen molar-refractivity contribution in [2.24, 2.45) is 0 Å². The molecule has 0 radical (unpaired) electrons. The van der Waals surface area contributed by atoms with Gasteiger partial charge in [0.2, 0.25) is 0 Å². The van der Waals surface area contributed by atoms with Gasteiger partial charge in [-0.2, -0.15) is 0 Å². The van der Waals surface area contributed by atoms with Crippen LogP contribution in [0.2, 0.25) is 0 Å². The van der Waals surface area contributed by atoms with Crippen LogP contribution in [0.4, 0.5) is 0 Å². The molecule has 80 valence electrons. The van der Waals surface area contributed by atoms with Gasteiger partial charge in [0, 0.05) is 12.1 Å². The molecule has 1 amide bonds. The van der Waals surface area contributed by atoms with Crippen LogP contribution in [0.3, 0.4) is 0 Å². The molecule has 14 heavy (non-hydrogen) atoms. The molecule has 1 rings (SSSR count). The zero-order chi connectivity index (χ0) is 10.7. The van der Waals surface area contributed by atoms with E-state index in [1.54, 1.807) is 0 Å². The molecule has 2 unspecified atom stereocenters. The summed E-state index contributed by atoms with van der Waals surface area (Å²) >= 11 is 0. The van der Waals surface area contributed by atoms with Gasteiger partial charge in [-0.15, -0.1) is 0 Å². The first kappa shape index (κ1) is 11.0. The number of nitrogens with one attached hydrogen (secondary N) is 1. The SMILES string of the molecule is CC1C(NC(=O)C(=O)O)CCCN1C. The molecule has 0 bridgehead atoms. The van der Waals surface area contributed by atoms with Gasteiger partial charge in [0.1, 0.15) is 0 Å². The van der Waals surface area contributed by atoms with E-state index < -0.39 is 11.9 Å². The van der Waals surface area contributed by atoms with Crippen LogP contribution in [0.1, 0.15) is 19.8 Å². The Morgan fingerprint density at radius 2 is 2.14 bits per heavy atom. The molecule has 5 nitrogen and oxygen atoms in total. The van der Waals surface area contributed by atoms with E-state index in [0.717, 1.165) is 19.4 Å². The molecule has 0 spiro atoms. The van der Waals surface area contributed by atoms with Crippen molar-refractivity contribution in [3.05, 3.63) is 0 Å². The van der Waals surface area contributed by atoms with Crippen molar-refractivity contribution in [3.8, 4) is 0 Å². The van der Waals surface area contributed by atoms with Crippen molar-refractivity contribution in [1.82, 2.24) is 10.2 Å². The minimum atomic E-state index is -1.41. The van der Waals surface area contributed by atoms with Crippen molar-refractivity contribution < 1.29 is 14.7 Å². The van der Waals surface area contributed by atoms with Gasteiger partial charge in [-0.3, -0.25) is 4.79 Å².